The van der Waals surface area contributed by atoms with Crippen molar-refractivity contribution < 1.29 is 19.0 Å². The minimum Gasteiger partial charge on any atom is -0.486 e. The van der Waals surface area contributed by atoms with Gasteiger partial charge in [0.2, 0.25) is 0 Å². The Hall–Kier alpha value is -2.80. The van der Waals surface area contributed by atoms with Crippen LogP contribution in [0.2, 0.25) is 0 Å². The van der Waals surface area contributed by atoms with Crippen LogP contribution in [0, 0.1) is 6.92 Å². The number of aryl methyl sites for hydroxylation is 1. The molecule has 2 N–H and O–H groups in total. The summed E-state index contributed by atoms with van der Waals surface area (Å²) in [6.07, 6.45) is 0. The van der Waals surface area contributed by atoms with Gasteiger partial charge < -0.3 is 19.5 Å². The van der Waals surface area contributed by atoms with E-state index in [1.165, 1.54) is 5.56 Å². The Morgan fingerprint density at radius 1 is 1.14 bits per heavy atom. The molecule has 0 saturated heterocycles. The lowest BCUT2D eigenvalue weighted by Crippen LogP contribution is -2.37. The van der Waals surface area contributed by atoms with Crippen molar-refractivity contribution in [2.75, 3.05) is 25.1 Å². The van der Waals surface area contributed by atoms with Gasteiger partial charge in [0.25, 0.3) is 5.91 Å². The second-order valence-electron chi connectivity index (χ2n) is 6.82. The Morgan fingerprint density at radius 2 is 1.89 bits per heavy atom. The van der Waals surface area contributed by atoms with Crippen LogP contribution in [0.15, 0.2) is 36.4 Å². The summed E-state index contributed by atoms with van der Waals surface area (Å²) >= 11 is 5.19. The third-order valence-corrected chi connectivity index (χ3v) is 4.49. The van der Waals surface area contributed by atoms with Gasteiger partial charge in [0.15, 0.2) is 23.2 Å². The minimum atomic E-state index is -0.333. The van der Waals surface area contributed by atoms with E-state index in [4.69, 9.17) is 26.4 Å². The van der Waals surface area contributed by atoms with Gasteiger partial charge in [-0.25, -0.2) is 0 Å². The van der Waals surface area contributed by atoms with Crippen molar-refractivity contribution >= 4 is 28.9 Å². The molecule has 0 unspecified atom stereocenters. The maximum atomic E-state index is 12.1. The molecule has 2 aromatic rings. The molecule has 1 aliphatic rings. The van der Waals surface area contributed by atoms with Gasteiger partial charge in [0.1, 0.15) is 19.0 Å². The SMILES string of the molecule is Cc1cc(OCC(=O)NC(=S)Nc2ccc3c(c2)OCCO3)ccc1C(C)C. The van der Waals surface area contributed by atoms with E-state index in [1.54, 1.807) is 12.1 Å². The number of carbonyl (C=O) groups is 1. The molecular formula is C21H24N2O4S. The topological polar surface area (TPSA) is 68.8 Å². The summed E-state index contributed by atoms with van der Waals surface area (Å²) in [6, 6.07) is 11.2. The molecule has 0 aliphatic carbocycles. The maximum absolute atomic E-state index is 12.1. The zero-order valence-corrected chi connectivity index (χ0v) is 17.0. The predicted octanol–water partition coefficient (Wildman–Crippen LogP) is 3.78. The first-order valence-corrected chi connectivity index (χ1v) is 9.57. The second kappa shape index (κ2) is 8.93. The van der Waals surface area contributed by atoms with E-state index in [0.717, 1.165) is 5.56 Å². The number of fused-ring (bicyclic) bond motifs is 1. The van der Waals surface area contributed by atoms with E-state index in [-0.39, 0.29) is 17.6 Å². The summed E-state index contributed by atoms with van der Waals surface area (Å²) in [4.78, 5) is 12.1. The predicted molar refractivity (Wildman–Crippen MR) is 113 cm³/mol. The standard InChI is InChI=1S/C21H24N2O4S/c1-13(2)17-6-5-16(10-14(17)3)27-12-20(24)23-21(28)22-15-4-7-18-19(11-15)26-9-8-25-18/h4-7,10-11,13H,8-9,12H2,1-3H3,(H2,22,23,24,28). The quantitative estimate of drug-likeness (QED) is 0.745. The highest BCUT2D eigenvalue weighted by molar-refractivity contribution is 7.80. The number of benzene rings is 2. The minimum absolute atomic E-state index is 0.122. The van der Waals surface area contributed by atoms with Crippen molar-refractivity contribution in [3.05, 3.63) is 47.5 Å². The molecule has 0 fully saturated rings. The van der Waals surface area contributed by atoms with Crippen LogP contribution in [-0.4, -0.2) is 30.8 Å². The fraction of sp³-hybridized carbons (Fsp3) is 0.333. The fourth-order valence-corrected chi connectivity index (χ4v) is 3.21. The van der Waals surface area contributed by atoms with Gasteiger partial charge in [-0.2, -0.15) is 0 Å². The van der Waals surface area contributed by atoms with Gasteiger partial charge in [0.05, 0.1) is 0 Å². The number of carbonyl (C=O) groups excluding carboxylic acids is 1. The molecule has 0 spiro atoms. The molecule has 148 valence electrons. The number of nitrogens with one attached hydrogen (secondary N) is 2. The van der Waals surface area contributed by atoms with Gasteiger partial charge in [-0.3, -0.25) is 10.1 Å². The number of anilines is 1. The van der Waals surface area contributed by atoms with E-state index in [1.807, 2.05) is 31.2 Å². The van der Waals surface area contributed by atoms with E-state index >= 15 is 0 Å². The molecule has 28 heavy (non-hydrogen) atoms. The summed E-state index contributed by atoms with van der Waals surface area (Å²) in [6.45, 7) is 7.25. The van der Waals surface area contributed by atoms with Crippen LogP contribution in [0.3, 0.4) is 0 Å². The van der Waals surface area contributed by atoms with Crippen molar-refractivity contribution in [2.24, 2.45) is 0 Å². The van der Waals surface area contributed by atoms with Crippen LogP contribution >= 0.6 is 12.2 Å². The van der Waals surface area contributed by atoms with Gasteiger partial charge in [-0.15, -0.1) is 0 Å². The zero-order chi connectivity index (χ0) is 20.1. The lowest BCUT2D eigenvalue weighted by molar-refractivity contribution is -0.121. The molecule has 0 atom stereocenters. The highest BCUT2D eigenvalue weighted by atomic mass is 32.1. The third-order valence-electron chi connectivity index (χ3n) is 4.29. The highest BCUT2D eigenvalue weighted by Crippen LogP contribution is 2.32. The molecule has 3 rings (SSSR count). The van der Waals surface area contributed by atoms with Crippen LogP contribution < -0.4 is 24.8 Å². The Labute approximate surface area is 170 Å². The maximum Gasteiger partial charge on any atom is 0.264 e. The molecule has 1 aliphatic heterocycles. The summed E-state index contributed by atoms with van der Waals surface area (Å²) in [5, 5.41) is 5.76. The lowest BCUT2D eigenvalue weighted by atomic mass is 9.98. The van der Waals surface area contributed by atoms with E-state index < -0.39 is 0 Å². The van der Waals surface area contributed by atoms with Gasteiger partial charge in [0, 0.05) is 11.8 Å². The number of amides is 1. The van der Waals surface area contributed by atoms with Crippen LogP contribution in [0.25, 0.3) is 0 Å². The highest BCUT2D eigenvalue weighted by Gasteiger charge is 2.13. The molecule has 6 nitrogen and oxygen atoms in total. The third kappa shape index (κ3) is 5.13. The molecule has 2 aromatic carbocycles. The second-order valence-corrected chi connectivity index (χ2v) is 7.23. The number of hydrogen-bond acceptors (Lipinski definition) is 5. The lowest BCUT2D eigenvalue weighted by Gasteiger charge is -2.19. The Kier molecular flexibility index (Phi) is 6.36. The molecule has 7 heteroatoms. The molecule has 1 amide bonds. The van der Waals surface area contributed by atoms with Crippen molar-refractivity contribution in [3.63, 3.8) is 0 Å². The molecule has 1 heterocycles. The summed E-state index contributed by atoms with van der Waals surface area (Å²) < 4.78 is 16.6. The zero-order valence-electron chi connectivity index (χ0n) is 16.2. The van der Waals surface area contributed by atoms with Gasteiger partial charge >= 0.3 is 0 Å². The normalized spacial score (nSPS) is 12.4. The summed E-state index contributed by atoms with van der Waals surface area (Å²) in [7, 11) is 0. The average Bonchev–Trinajstić information content (AvgIpc) is 2.66. The van der Waals surface area contributed by atoms with E-state index in [9.17, 15) is 4.79 Å². The summed E-state index contributed by atoms with van der Waals surface area (Å²) in [5.41, 5.74) is 3.11. The Bertz CT molecular complexity index is 883. The fourth-order valence-electron chi connectivity index (χ4n) is 2.98. The van der Waals surface area contributed by atoms with Crippen LogP contribution in [0.1, 0.15) is 30.9 Å². The summed E-state index contributed by atoms with van der Waals surface area (Å²) in [5.74, 6) is 2.11. The van der Waals surface area contributed by atoms with Crippen molar-refractivity contribution in [2.45, 2.75) is 26.7 Å². The van der Waals surface area contributed by atoms with E-state index in [2.05, 4.69) is 24.5 Å². The first kappa shape index (κ1) is 19.9. The van der Waals surface area contributed by atoms with Gasteiger partial charge in [-0.1, -0.05) is 19.9 Å². The first-order valence-electron chi connectivity index (χ1n) is 9.16. The Balaban J connectivity index is 1.49. The monoisotopic (exact) mass is 400 g/mol. The van der Waals surface area contributed by atoms with Crippen molar-refractivity contribution in [1.29, 1.82) is 0 Å². The number of rotatable bonds is 5. The van der Waals surface area contributed by atoms with Gasteiger partial charge in [-0.05, 0) is 60.5 Å². The molecule has 0 saturated carbocycles. The van der Waals surface area contributed by atoms with Crippen molar-refractivity contribution in [1.82, 2.24) is 5.32 Å². The number of thiocarbonyl (C=S) groups is 1. The number of ether oxygens (including phenoxy) is 3. The van der Waals surface area contributed by atoms with Crippen LogP contribution in [0.5, 0.6) is 17.2 Å². The molecule has 0 radical (unpaired) electrons. The average molecular weight is 401 g/mol. The van der Waals surface area contributed by atoms with Crippen LogP contribution in [0.4, 0.5) is 5.69 Å². The van der Waals surface area contributed by atoms with Crippen molar-refractivity contribution in [3.8, 4) is 17.2 Å². The molecule has 0 bridgehead atoms. The first-order chi connectivity index (χ1) is 13.4. The largest absolute Gasteiger partial charge is 0.486 e. The Morgan fingerprint density at radius 3 is 2.61 bits per heavy atom. The molecule has 0 aromatic heterocycles. The smallest absolute Gasteiger partial charge is 0.264 e. The number of hydrogen-bond donors (Lipinski definition) is 2. The van der Waals surface area contributed by atoms with E-state index in [0.29, 0.717) is 42.1 Å². The van der Waals surface area contributed by atoms with Crippen LogP contribution in [-0.2, 0) is 4.79 Å². The molecular weight excluding hydrogens is 376 g/mol.